The normalized spacial score (nSPS) is 46.8. The van der Waals surface area contributed by atoms with Crippen LogP contribution in [0.15, 0.2) is 36.0 Å². The van der Waals surface area contributed by atoms with E-state index in [0.29, 0.717) is 10.8 Å². The van der Waals surface area contributed by atoms with Gasteiger partial charge in [-0.2, -0.15) is 0 Å². The molecule has 0 bridgehead atoms. The molecule has 0 heterocycles. The average Bonchev–Trinajstić information content (AvgIpc) is 2.95. The Morgan fingerprint density at radius 1 is 1.22 bits per heavy atom. The third-order valence-corrected chi connectivity index (χ3v) is 8.18. The van der Waals surface area contributed by atoms with Gasteiger partial charge in [-0.05, 0) is 84.7 Å². The highest BCUT2D eigenvalue weighted by atomic mass is 16.3. The first-order valence-corrected chi connectivity index (χ1v) is 9.70. The van der Waals surface area contributed by atoms with Gasteiger partial charge in [0, 0.05) is 0 Å². The number of hydrogen-bond donors (Lipinski definition) is 1. The lowest BCUT2D eigenvalue weighted by molar-refractivity contribution is -0.0188. The van der Waals surface area contributed by atoms with Gasteiger partial charge in [-0.3, -0.25) is 0 Å². The number of hydrogen-bond acceptors (Lipinski definition) is 1. The Morgan fingerprint density at radius 2 is 2.04 bits per heavy atom. The number of allylic oxidation sites excluding steroid dienone is 3. The molecule has 0 saturated heterocycles. The molecular formula is C22H32O. The van der Waals surface area contributed by atoms with E-state index < -0.39 is 6.10 Å². The minimum Gasteiger partial charge on any atom is -0.385 e. The lowest BCUT2D eigenvalue weighted by atomic mass is 9.48. The quantitative estimate of drug-likeness (QED) is 0.675. The van der Waals surface area contributed by atoms with Gasteiger partial charge in [0.15, 0.2) is 0 Å². The Balaban J connectivity index is 1.67. The highest BCUT2D eigenvalue weighted by Crippen LogP contribution is 2.64. The van der Waals surface area contributed by atoms with Crippen LogP contribution in [-0.2, 0) is 0 Å². The molecule has 0 aromatic rings. The van der Waals surface area contributed by atoms with E-state index in [1.165, 1.54) is 56.1 Å². The van der Waals surface area contributed by atoms with Crippen LogP contribution in [-0.4, -0.2) is 11.2 Å². The highest BCUT2D eigenvalue weighted by Gasteiger charge is 2.55. The van der Waals surface area contributed by atoms with E-state index in [0.717, 1.165) is 24.2 Å². The summed E-state index contributed by atoms with van der Waals surface area (Å²) in [5.41, 5.74) is 3.67. The first-order chi connectivity index (χ1) is 11.0. The van der Waals surface area contributed by atoms with E-state index in [9.17, 15) is 5.11 Å². The second kappa shape index (κ2) is 5.34. The van der Waals surface area contributed by atoms with Gasteiger partial charge in [-0.15, -0.1) is 6.58 Å². The zero-order valence-electron chi connectivity index (χ0n) is 14.9. The van der Waals surface area contributed by atoms with Crippen LogP contribution in [0.5, 0.6) is 0 Å². The molecule has 2 saturated carbocycles. The maximum Gasteiger partial charge on any atom is 0.0932 e. The second-order valence-corrected chi connectivity index (χ2v) is 9.17. The Morgan fingerprint density at radius 3 is 2.83 bits per heavy atom. The van der Waals surface area contributed by atoms with Crippen molar-refractivity contribution in [1.29, 1.82) is 0 Å². The second-order valence-electron chi connectivity index (χ2n) is 9.17. The molecule has 1 N–H and O–H groups in total. The molecule has 3 unspecified atom stereocenters. The van der Waals surface area contributed by atoms with E-state index in [-0.39, 0.29) is 0 Å². The van der Waals surface area contributed by atoms with Crippen LogP contribution in [0.4, 0.5) is 0 Å². The molecule has 4 aliphatic carbocycles. The molecule has 0 aromatic heterocycles. The monoisotopic (exact) mass is 312 g/mol. The van der Waals surface area contributed by atoms with Crippen molar-refractivity contribution in [2.75, 3.05) is 0 Å². The van der Waals surface area contributed by atoms with E-state index in [4.69, 9.17) is 0 Å². The van der Waals surface area contributed by atoms with Crippen molar-refractivity contribution < 1.29 is 5.11 Å². The van der Waals surface area contributed by atoms with Crippen molar-refractivity contribution in [3.8, 4) is 0 Å². The number of fused-ring (bicyclic) bond motifs is 5. The molecule has 0 radical (unpaired) electrons. The summed E-state index contributed by atoms with van der Waals surface area (Å²) in [5.74, 6) is 2.72. The van der Waals surface area contributed by atoms with Gasteiger partial charge in [0.05, 0.1) is 6.10 Å². The lowest BCUT2D eigenvalue weighted by Gasteiger charge is -2.56. The fraction of sp³-hybridized carbons (Fsp3) is 0.727. The molecule has 6 atom stereocenters. The largest absolute Gasteiger partial charge is 0.385 e. The molecule has 4 rings (SSSR count). The highest BCUT2D eigenvalue weighted by molar-refractivity contribution is 5.39. The minimum atomic E-state index is -0.456. The van der Waals surface area contributed by atoms with Crippen molar-refractivity contribution >= 4 is 0 Å². The molecule has 23 heavy (non-hydrogen) atoms. The molecule has 2 fully saturated rings. The third kappa shape index (κ3) is 2.22. The summed E-state index contributed by atoms with van der Waals surface area (Å²) in [6.07, 6.45) is 16.8. The van der Waals surface area contributed by atoms with Crippen molar-refractivity contribution in [3.05, 3.63) is 36.0 Å². The molecule has 4 aliphatic rings. The van der Waals surface area contributed by atoms with Crippen LogP contribution in [0.25, 0.3) is 0 Å². The van der Waals surface area contributed by atoms with Crippen LogP contribution in [0.1, 0.15) is 65.2 Å². The summed E-state index contributed by atoms with van der Waals surface area (Å²) >= 11 is 0. The molecular weight excluding hydrogens is 280 g/mol. The van der Waals surface area contributed by atoms with E-state index in [1.54, 1.807) is 6.08 Å². The Kier molecular flexibility index (Phi) is 3.65. The predicted octanol–water partition coefficient (Wildman–Crippen LogP) is 5.42. The third-order valence-electron chi connectivity index (χ3n) is 8.18. The van der Waals surface area contributed by atoms with Crippen molar-refractivity contribution in [2.45, 2.75) is 71.3 Å². The van der Waals surface area contributed by atoms with Gasteiger partial charge in [0.1, 0.15) is 0 Å². The minimum absolute atomic E-state index is 0.344. The van der Waals surface area contributed by atoms with Crippen LogP contribution >= 0.6 is 0 Å². The maximum absolute atomic E-state index is 10.1. The lowest BCUT2D eigenvalue weighted by Crippen LogP contribution is -2.48. The summed E-state index contributed by atoms with van der Waals surface area (Å²) in [6, 6.07) is 0. The topological polar surface area (TPSA) is 20.2 Å². The fourth-order valence-electron chi connectivity index (χ4n) is 6.72. The summed E-state index contributed by atoms with van der Waals surface area (Å²) in [5, 5.41) is 10.1. The summed E-state index contributed by atoms with van der Waals surface area (Å²) in [7, 11) is 0. The summed E-state index contributed by atoms with van der Waals surface area (Å²) in [4.78, 5) is 0. The zero-order chi connectivity index (χ0) is 16.2. The molecule has 1 nitrogen and oxygen atoms in total. The van der Waals surface area contributed by atoms with Crippen LogP contribution < -0.4 is 0 Å². The first kappa shape index (κ1) is 15.7. The van der Waals surface area contributed by atoms with Gasteiger partial charge in [0.2, 0.25) is 0 Å². The van der Waals surface area contributed by atoms with Crippen molar-refractivity contribution in [1.82, 2.24) is 0 Å². The van der Waals surface area contributed by atoms with Gasteiger partial charge in [-0.1, -0.05) is 38.5 Å². The summed E-state index contributed by atoms with van der Waals surface area (Å²) in [6.45, 7) is 8.84. The molecule has 0 aromatic carbocycles. The van der Waals surface area contributed by atoms with Crippen molar-refractivity contribution in [3.63, 3.8) is 0 Å². The van der Waals surface area contributed by atoms with E-state index in [1.807, 2.05) is 0 Å². The standard InChI is InChI=1S/C22H32O/c1-4-20(23)15-9-13-22(3)16(14-15)7-8-17-18-6-5-11-21(18,2)12-10-19(17)22/h4,7,14,17-20,23H,1,5-6,8-13H2,2-3H3/t17?,18?,19?,20-,21+,22+/m1/s1. The first-order valence-electron chi connectivity index (χ1n) is 9.70. The van der Waals surface area contributed by atoms with E-state index >= 15 is 0 Å². The van der Waals surface area contributed by atoms with Gasteiger partial charge >= 0.3 is 0 Å². The zero-order valence-corrected chi connectivity index (χ0v) is 14.9. The van der Waals surface area contributed by atoms with E-state index in [2.05, 4.69) is 32.6 Å². The van der Waals surface area contributed by atoms with Crippen molar-refractivity contribution in [2.24, 2.45) is 28.6 Å². The Hall–Kier alpha value is -0.820. The molecule has 126 valence electrons. The van der Waals surface area contributed by atoms with Crippen LogP contribution in [0.2, 0.25) is 0 Å². The number of aliphatic hydroxyl groups is 1. The Bertz CT molecular complexity index is 571. The van der Waals surface area contributed by atoms with Crippen LogP contribution in [0.3, 0.4) is 0 Å². The molecule has 1 heteroatoms. The molecule has 0 amide bonds. The Labute approximate surface area is 141 Å². The SMILES string of the molecule is C=C[C@@H](O)C1=CC2=CCC3C4CCC[C@@]4(C)CCC3[C@@]2(C)CC1. The fourth-order valence-corrected chi connectivity index (χ4v) is 6.72. The number of rotatable bonds is 2. The average molecular weight is 312 g/mol. The van der Waals surface area contributed by atoms with Gasteiger partial charge < -0.3 is 5.11 Å². The van der Waals surface area contributed by atoms with Gasteiger partial charge in [-0.25, -0.2) is 0 Å². The van der Waals surface area contributed by atoms with Crippen LogP contribution in [0, 0.1) is 28.6 Å². The molecule has 0 spiro atoms. The van der Waals surface area contributed by atoms with Gasteiger partial charge in [0.25, 0.3) is 0 Å². The predicted molar refractivity (Wildman–Crippen MR) is 96.0 cm³/mol. The maximum atomic E-state index is 10.1. The molecule has 0 aliphatic heterocycles. The number of aliphatic hydroxyl groups excluding tert-OH is 1. The smallest absolute Gasteiger partial charge is 0.0932 e. The summed E-state index contributed by atoms with van der Waals surface area (Å²) < 4.78 is 0.